The molecule has 0 saturated heterocycles. The van der Waals surface area contributed by atoms with Crippen LogP contribution in [0.1, 0.15) is 303 Å². The number of likely N-dealkylation sites (N-methyl/N-ethyl adjacent to an activating group) is 1. The Bertz CT molecular complexity index is 1820. The summed E-state index contributed by atoms with van der Waals surface area (Å²) in [6, 6.07) is -0.907. The molecule has 0 aliphatic rings. The van der Waals surface area contributed by atoms with Crippen LogP contribution in [0.3, 0.4) is 0 Å². The maximum atomic E-state index is 13.6. The first-order valence-electron chi connectivity index (χ1n) is 35.2. The highest BCUT2D eigenvalue weighted by molar-refractivity contribution is 7.45. The van der Waals surface area contributed by atoms with Gasteiger partial charge in [0.25, 0.3) is 7.82 Å². The molecule has 1 N–H and O–H groups in total. The number of ether oxygens (including phenoxy) is 1. The molecule has 490 valence electrons. The molecule has 0 bridgehead atoms. The Labute approximate surface area is 525 Å². The molecular weight excluding hydrogens is 1070 g/mol. The van der Waals surface area contributed by atoms with E-state index in [0.29, 0.717) is 23.9 Å². The molecule has 0 rings (SSSR count). The highest BCUT2D eigenvalue weighted by Gasteiger charge is 2.27. The lowest BCUT2D eigenvalue weighted by molar-refractivity contribution is -0.870. The number of carbonyl (C=O) groups excluding carboxylic acids is 2. The molecule has 0 aliphatic carbocycles. The first kappa shape index (κ1) is 81.7. The first-order valence-corrected chi connectivity index (χ1v) is 36.7. The summed E-state index contributed by atoms with van der Waals surface area (Å²) in [4.78, 5) is 40.2. The number of unbranched alkanes of at least 4 members (excludes halogenated alkanes) is 31. The molecule has 3 atom stereocenters. The summed E-state index contributed by atoms with van der Waals surface area (Å²) >= 11 is 0. The van der Waals surface area contributed by atoms with Crippen LogP contribution >= 0.6 is 7.82 Å². The number of rotatable bonds is 63. The van der Waals surface area contributed by atoms with Crippen molar-refractivity contribution >= 4 is 19.7 Å². The minimum absolute atomic E-state index is 0.0317. The molecule has 0 aromatic heterocycles. The highest BCUT2D eigenvalue weighted by Crippen LogP contribution is 2.38. The van der Waals surface area contributed by atoms with Gasteiger partial charge in [-0.1, -0.05) is 278 Å². The summed E-state index contributed by atoms with van der Waals surface area (Å²) in [6.07, 6.45) is 87.7. The van der Waals surface area contributed by atoms with Crippen LogP contribution in [0.5, 0.6) is 0 Å². The molecule has 0 aromatic carbocycles. The fourth-order valence-electron chi connectivity index (χ4n) is 9.72. The van der Waals surface area contributed by atoms with Gasteiger partial charge in [-0.05, 0) is 122 Å². The lowest BCUT2D eigenvalue weighted by atomic mass is 10.0. The topological polar surface area (TPSA) is 114 Å². The molecule has 0 aliphatic heterocycles. The summed E-state index contributed by atoms with van der Waals surface area (Å²) in [5.41, 5.74) is 0. The number of amides is 1. The maximum Gasteiger partial charge on any atom is 0.306 e. The molecule has 0 saturated carbocycles. The fourth-order valence-corrected chi connectivity index (χ4v) is 10.4. The Kier molecular flexibility index (Phi) is 61.2. The lowest BCUT2D eigenvalue weighted by Crippen LogP contribution is -2.47. The normalized spacial score (nSPS) is 14.2. The summed E-state index contributed by atoms with van der Waals surface area (Å²) in [6.45, 7) is 6.78. The van der Waals surface area contributed by atoms with Crippen LogP contribution in [0.25, 0.3) is 0 Å². The Morgan fingerprint density at radius 2 is 0.718 bits per heavy atom. The number of phosphoric acid groups is 1. The Balaban J connectivity index is 5.21. The third kappa shape index (κ3) is 65.0. The van der Waals surface area contributed by atoms with Gasteiger partial charge in [0.15, 0.2) is 0 Å². The van der Waals surface area contributed by atoms with Crippen molar-refractivity contribution in [1.82, 2.24) is 5.32 Å². The maximum absolute atomic E-state index is 13.6. The van der Waals surface area contributed by atoms with E-state index in [4.69, 9.17) is 13.8 Å². The number of esters is 1. The van der Waals surface area contributed by atoms with E-state index < -0.39 is 26.6 Å². The van der Waals surface area contributed by atoms with Gasteiger partial charge in [0, 0.05) is 12.8 Å². The van der Waals surface area contributed by atoms with Crippen molar-refractivity contribution < 1.29 is 37.3 Å². The zero-order chi connectivity index (χ0) is 62.1. The van der Waals surface area contributed by atoms with Crippen LogP contribution in [0.4, 0.5) is 0 Å². The van der Waals surface area contributed by atoms with E-state index in [2.05, 4.69) is 123 Å². The van der Waals surface area contributed by atoms with Gasteiger partial charge in [-0.25, -0.2) is 0 Å². The SMILES string of the molecule is CCCCC/C=C\C/C=C\C/C=C\C/C=C\CCCCCCCCCC(=O)NC(COP(=O)([O-])OCC[N+](C)(C)C)C(/C=C/CCCCCCCCCCCCC)OC(=O)CCCCCCCCC/C=C\C/C=C\C/C=C\C/C=C\CCCCC. The number of quaternary nitrogens is 1. The average Bonchev–Trinajstić information content (AvgIpc) is 3.52. The number of nitrogens with one attached hydrogen (secondary N) is 1. The van der Waals surface area contributed by atoms with Crippen molar-refractivity contribution in [1.29, 1.82) is 0 Å². The molecule has 85 heavy (non-hydrogen) atoms. The lowest BCUT2D eigenvalue weighted by Gasteiger charge is -2.30. The van der Waals surface area contributed by atoms with Gasteiger partial charge < -0.3 is 28.5 Å². The second-order valence-corrected chi connectivity index (χ2v) is 26.1. The molecule has 9 nitrogen and oxygen atoms in total. The van der Waals surface area contributed by atoms with Crippen molar-refractivity contribution in [3.05, 3.63) is 109 Å². The first-order chi connectivity index (χ1) is 41.4. The Morgan fingerprint density at radius 1 is 0.412 bits per heavy atom. The minimum atomic E-state index is -4.72. The Hall–Kier alpha value is -3.33. The van der Waals surface area contributed by atoms with Crippen LogP contribution in [0.15, 0.2) is 109 Å². The fraction of sp³-hybridized carbons (Fsp3) is 0.733. The predicted molar refractivity (Wildman–Crippen MR) is 367 cm³/mol. The van der Waals surface area contributed by atoms with Crippen molar-refractivity contribution in [3.63, 3.8) is 0 Å². The molecule has 0 spiro atoms. The van der Waals surface area contributed by atoms with Gasteiger partial charge in [-0.15, -0.1) is 0 Å². The van der Waals surface area contributed by atoms with Crippen LogP contribution in [0.2, 0.25) is 0 Å². The second-order valence-electron chi connectivity index (χ2n) is 24.7. The smallest absolute Gasteiger partial charge is 0.306 e. The standard InChI is InChI=1S/C75H133N2O7P/c1-7-10-13-16-19-22-25-28-30-32-34-36-38-40-42-44-46-49-52-55-58-61-64-67-74(78)76-72(71-83-85(80,81)82-70-69-77(4,5)6)73(66-63-60-57-54-51-48-27-24-21-18-15-12-9-3)84-75(79)68-65-62-59-56-53-50-47-45-43-41-39-37-35-33-31-29-26-23-20-17-14-11-8-2/h19-20,22-23,28-31,34-37,40-43,63,66,72-73H,7-18,21,24-27,32-33,38-39,44-62,64-65,67-71H2,1-6H3,(H-,76,78,80,81)/b22-19-,23-20-,30-28-,31-29-,36-34-,37-35-,42-40-,43-41-,66-63+. The van der Waals surface area contributed by atoms with Crippen molar-refractivity contribution in [2.75, 3.05) is 40.9 Å². The third-order valence-corrected chi connectivity index (χ3v) is 16.1. The van der Waals surface area contributed by atoms with Gasteiger partial charge in [-0.3, -0.25) is 14.2 Å². The number of hydrogen-bond donors (Lipinski definition) is 1. The van der Waals surface area contributed by atoms with E-state index in [1.54, 1.807) is 0 Å². The summed E-state index contributed by atoms with van der Waals surface area (Å²) in [7, 11) is 1.16. The van der Waals surface area contributed by atoms with E-state index in [9.17, 15) is 19.0 Å². The minimum Gasteiger partial charge on any atom is -0.756 e. The van der Waals surface area contributed by atoms with Gasteiger partial charge in [0.1, 0.15) is 19.3 Å². The van der Waals surface area contributed by atoms with E-state index in [1.807, 2.05) is 33.3 Å². The summed E-state index contributed by atoms with van der Waals surface area (Å²) in [5.74, 6) is -0.565. The van der Waals surface area contributed by atoms with Crippen LogP contribution in [-0.4, -0.2) is 69.4 Å². The molecule has 0 heterocycles. The average molecular weight is 1210 g/mol. The molecule has 0 fully saturated rings. The second kappa shape index (κ2) is 63.7. The van der Waals surface area contributed by atoms with Gasteiger partial charge in [0.05, 0.1) is 33.8 Å². The number of hydrogen-bond acceptors (Lipinski definition) is 7. The zero-order valence-corrected chi connectivity index (χ0v) is 56.9. The van der Waals surface area contributed by atoms with Crippen LogP contribution in [0, 0.1) is 0 Å². The molecule has 10 heteroatoms. The molecule has 1 amide bonds. The van der Waals surface area contributed by atoms with E-state index in [0.717, 1.165) is 116 Å². The van der Waals surface area contributed by atoms with Gasteiger partial charge in [-0.2, -0.15) is 0 Å². The molecule has 0 aromatic rings. The van der Waals surface area contributed by atoms with Crippen LogP contribution in [-0.2, 0) is 27.9 Å². The zero-order valence-electron chi connectivity index (χ0n) is 56.0. The van der Waals surface area contributed by atoms with Crippen molar-refractivity contribution in [2.45, 2.75) is 315 Å². The monoisotopic (exact) mass is 1200 g/mol. The molecule has 3 unspecified atom stereocenters. The highest BCUT2D eigenvalue weighted by atomic mass is 31.2. The van der Waals surface area contributed by atoms with E-state index in [-0.39, 0.29) is 24.9 Å². The quantitative estimate of drug-likeness (QED) is 0.0212. The largest absolute Gasteiger partial charge is 0.756 e. The number of allylic oxidation sites excluding steroid dienone is 17. The van der Waals surface area contributed by atoms with E-state index in [1.165, 1.54) is 148 Å². The number of carbonyl (C=O) groups is 2. The summed E-state index contributed by atoms with van der Waals surface area (Å²) in [5, 5.41) is 3.03. The van der Waals surface area contributed by atoms with Crippen molar-refractivity contribution in [2.24, 2.45) is 0 Å². The van der Waals surface area contributed by atoms with E-state index >= 15 is 0 Å². The molecule has 0 radical (unpaired) electrons. The summed E-state index contributed by atoms with van der Waals surface area (Å²) < 4.78 is 30.4. The Morgan fingerprint density at radius 3 is 1.09 bits per heavy atom. The van der Waals surface area contributed by atoms with Gasteiger partial charge >= 0.3 is 5.97 Å². The predicted octanol–water partition coefficient (Wildman–Crippen LogP) is 21.8. The molecular formula is C75H133N2O7P. The van der Waals surface area contributed by atoms with Crippen LogP contribution < -0.4 is 10.2 Å². The number of nitrogens with zero attached hydrogens (tertiary/aromatic N) is 1. The van der Waals surface area contributed by atoms with Gasteiger partial charge in [0.2, 0.25) is 5.91 Å². The third-order valence-electron chi connectivity index (χ3n) is 15.2. The number of phosphoric ester groups is 1. The van der Waals surface area contributed by atoms with Crippen molar-refractivity contribution in [3.8, 4) is 0 Å².